The van der Waals surface area contributed by atoms with Gasteiger partial charge in [-0.05, 0) is 26.1 Å². The fraction of sp³-hybridized carbons (Fsp3) is 0.444. The first-order chi connectivity index (χ1) is 7.11. The second-order valence-electron chi connectivity index (χ2n) is 3.71. The van der Waals surface area contributed by atoms with E-state index in [4.69, 9.17) is 12.2 Å². The first-order valence-corrected chi connectivity index (χ1v) is 5.15. The molecule has 6 heteroatoms. The molecule has 0 atom stereocenters. The molecule has 2 heterocycles. The van der Waals surface area contributed by atoms with E-state index in [0.717, 1.165) is 11.5 Å². The molecule has 0 unspecified atom stereocenters. The number of H-pyrrole nitrogens is 1. The molecule has 0 aliphatic heterocycles. The molecule has 80 valence electrons. The Morgan fingerprint density at radius 2 is 2.20 bits per heavy atom. The SMILES string of the molecule is CC(C)n1c(-c2cncn2C)n[nH]c1=S. The first-order valence-electron chi connectivity index (χ1n) is 4.75. The van der Waals surface area contributed by atoms with Crippen LogP contribution in [0.25, 0.3) is 11.5 Å². The largest absolute Gasteiger partial charge is 0.331 e. The van der Waals surface area contributed by atoms with Crippen LogP contribution in [0.4, 0.5) is 0 Å². The number of aryl methyl sites for hydroxylation is 1. The van der Waals surface area contributed by atoms with Crippen LogP contribution >= 0.6 is 12.2 Å². The number of nitrogens with zero attached hydrogens (tertiary/aromatic N) is 4. The number of rotatable bonds is 2. The Morgan fingerprint density at radius 3 is 2.73 bits per heavy atom. The van der Waals surface area contributed by atoms with Gasteiger partial charge < -0.3 is 4.57 Å². The molecule has 0 aliphatic rings. The predicted molar refractivity (Wildman–Crippen MR) is 60.0 cm³/mol. The molecular weight excluding hydrogens is 210 g/mol. The molecule has 0 amide bonds. The highest BCUT2D eigenvalue weighted by Gasteiger charge is 2.13. The lowest BCUT2D eigenvalue weighted by atomic mass is 10.3. The van der Waals surface area contributed by atoms with Gasteiger partial charge in [0, 0.05) is 13.1 Å². The average Bonchev–Trinajstić information content (AvgIpc) is 2.71. The molecule has 0 bridgehead atoms. The minimum atomic E-state index is 0.279. The molecule has 0 saturated carbocycles. The number of aromatic nitrogens is 5. The van der Waals surface area contributed by atoms with Gasteiger partial charge in [0.25, 0.3) is 0 Å². The van der Waals surface area contributed by atoms with E-state index in [1.807, 2.05) is 16.2 Å². The van der Waals surface area contributed by atoms with E-state index in [1.165, 1.54) is 0 Å². The monoisotopic (exact) mass is 223 g/mol. The maximum Gasteiger partial charge on any atom is 0.195 e. The first kappa shape index (κ1) is 10.1. The van der Waals surface area contributed by atoms with Crippen LogP contribution in [0, 0.1) is 4.77 Å². The van der Waals surface area contributed by atoms with Gasteiger partial charge >= 0.3 is 0 Å². The molecule has 15 heavy (non-hydrogen) atoms. The Morgan fingerprint density at radius 1 is 1.47 bits per heavy atom. The normalized spacial score (nSPS) is 11.2. The van der Waals surface area contributed by atoms with Gasteiger partial charge in [-0.2, -0.15) is 5.10 Å². The fourth-order valence-electron chi connectivity index (χ4n) is 1.54. The van der Waals surface area contributed by atoms with E-state index in [1.54, 1.807) is 12.5 Å². The molecule has 2 aromatic heterocycles. The van der Waals surface area contributed by atoms with E-state index in [2.05, 4.69) is 29.0 Å². The van der Waals surface area contributed by atoms with Crippen molar-refractivity contribution in [2.45, 2.75) is 19.9 Å². The minimum absolute atomic E-state index is 0.279. The Kier molecular flexibility index (Phi) is 2.44. The van der Waals surface area contributed by atoms with Crippen LogP contribution in [0.1, 0.15) is 19.9 Å². The lowest BCUT2D eigenvalue weighted by molar-refractivity contribution is 0.594. The minimum Gasteiger partial charge on any atom is -0.331 e. The Labute approximate surface area is 92.8 Å². The second kappa shape index (κ2) is 3.62. The van der Waals surface area contributed by atoms with Crippen molar-refractivity contribution in [3.63, 3.8) is 0 Å². The third-order valence-electron chi connectivity index (χ3n) is 2.27. The van der Waals surface area contributed by atoms with E-state index < -0.39 is 0 Å². The van der Waals surface area contributed by atoms with Crippen molar-refractivity contribution >= 4 is 12.2 Å². The van der Waals surface area contributed by atoms with Crippen molar-refractivity contribution in [2.75, 3.05) is 0 Å². The topological polar surface area (TPSA) is 51.4 Å². The van der Waals surface area contributed by atoms with Gasteiger partial charge in [-0.3, -0.25) is 9.67 Å². The van der Waals surface area contributed by atoms with Crippen LogP contribution in [0.15, 0.2) is 12.5 Å². The summed E-state index contributed by atoms with van der Waals surface area (Å²) in [5, 5.41) is 7.03. The third-order valence-corrected chi connectivity index (χ3v) is 2.55. The molecule has 0 spiro atoms. The summed E-state index contributed by atoms with van der Waals surface area (Å²) in [6.07, 6.45) is 3.53. The highest BCUT2D eigenvalue weighted by Crippen LogP contribution is 2.19. The lowest BCUT2D eigenvalue weighted by Crippen LogP contribution is -2.05. The van der Waals surface area contributed by atoms with Gasteiger partial charge in [0.2, 0.25) is 0 Å². The smallest absolute Gasteiger partial charge is 0.195 e. The van der Waals surface area contributed by atoms with Crippen LogP contribution in [0.5, 0.6) is 0 Å². The molecule has 2 aromatic rings. The zero-order chi connectivity index (χ0) is 11.0. The molecule has 0 saturated heterocycles. The predicted octanol–water partition coefficient (Wildman–Crippen LogP) is 1.92. The summed E-state index contributed by atoms with van der Waals surface area (Å²) in [5.41, 5.74) is 0.955. The quantitative estimate of drug-likeness (QED) is 0.791. The maximum atomic E-state index is 5.18. The van der Waals surface area contributed by atoms with Crippen molar-refractivity contribution in [1.82, 2.24) is 24.3 Å². The highest BCUT2D eigenvalue weighted by atomic mass is 32.1. The van der Waals surface area contributed by atoms with Crippen molar-refractivity contribution < 1.29 is 0 Å². The third kappa shape index (κ3) is 1.61. The molecular formula is C9H13N5S. The summed E-state index contributed by atoms with van der Waals surface area (Å²) in [6, 6.07) is 0.279. The zero-order valence-electron chi connectivity index (χ0n) is 8.93. The average molecular weight is 223 g/mol. The standard InChI is InChI=1S/C9H13N5S/c1-6(2)14-8(11-12-9(14)15)7-4-10-5-13(7)3/h4-6H,1-3H3,(H,12,15). The summed E-state index contributed by atoms with van der Waals surface area (Å²) < 4.78 is 4.54. The molecule has 0 fully saturated rings. The van der Waals surface area contributed by atoms with E-state index in [9.17, 15) is 0 Å². The van der Waals surface area contributed by atoms with Crippen LogP contribution in [0.3, 0.4) is 0 Å². The number of imidazole rings is 1. The molecule has 0 aliphatic carbocycles. The summed E-state index contributed by atoms with van der Waals surface area (Å²) in [4.78, 5) is 4.07. The van der Waals surface area contributed by atoms with Crippen molar-refractivity contribution in [2.24, 2.45) is 7.05 Å². The Hall–Kier alpha value is -1.43. The molecule has 2 rings (SSSR count). The number of hydrogen-bond acceptors (Lipinski definition) is 3. The van der Waals surface area contributed by atoms with Crippen molar-refractivity contribution in [1.29, 1.82) is 0 Å². The van der Waals surface area contributed by atoms with Gasteiger partial charge in [0.05, 0.1) is 12.5 Å². The van der Waals surface area contributed by atoms with Gasteiger partial charge in [0.1, 0.15) is 5.69 Å². The Bertz CT molecular complexity index is 519. The van der Waals surface area contributed by atoms with Crippen LogP contribution in [-0.2, 0) is 7.05 Å². The second-order valence-corrected chi connectivity index (χ2v) is 4.09. The molecule has 0 radical (unpaired) electrons. The molecule has 0 aromatic carbocycles. The summed E-state index contributed by atoms with van der Waals surface area (Å²) in [5.74, 6) is 0.829. The number of aromatic amines is 1. The Balaban J connectivity index is 2.64. The molecule has 5 nitrogen and oxygen atoms in total. The molecule has 1 N–H and O–H groups in total. The lowest BCUT2D eigenvalue weighted by Gasteiger charge is -2.09. The summed E-state index contributed by atoms with van der Waals surface area (Å²) in [7, 11) is 1.94. The van der Waals surface area contributed by atoms with Crippen LogP contribution < -0.4 is 0 Å². The maximum absolute atomic E-state index is 5.18. The number of hydrogen-bond donors (Lipinski definition) is 1. The van der Waals surface area contributed by atoms with E-state index in [-0.39, 0.29) is 6.04 Å². The summed E-state index contributed by atoms with van der Waals surface area (Å²) >= 11 is 5.18. The van der Waals surface area contributed by atoms with Crippen molar-refractivity contribution in [3.8, 4) is 11.5 Å². The zero-order valence-corrected chi connectivity index (χ0v) is 9.75. The van der Waals surface area contributed by atoms with Crippen molar-refractivity contribution in [3.05, 3.63) is 17.3 Å². The number of nitrogens with one attached hydrogen (secondary N) is 1. The van der Waals surface area contributed by atoms with E-state index in [0.29, 0.717) is 4.77 Å². The highest BCUT2D eigenvalue weighted by molar-refractivity contribution is 7.71. The van der Waals surface area contributed by atoms with Gasteiger partial charge in [-0.15, -0.1) is 0 Å². The van der Waals surface area contributed by atoms with Crippen LogP contribution in [-0.4, -0.2) is 24.3 Å². The van der Waals surface area contributed by atoms with E-state index >= 15 is 0 Å². The van der Waals surface area contributed by atoms with Gasteiger partial charge in [-0.1, -0.05) is 0 Å². The summed E-state index contributed by atoms with van der Waals surface area (Å²) in [6.45, 7) is 4.15. The van der Waals surface area contributed by atoms with Gasteiger partial charge in [0.15, 0.2) is 10.6 Å². The van der Waals surface area contributed by atoms with Crippen LogP contribution in [0.2, 0.25) is 0 Å². The van der Waals surface area contributed by atoms with Gasteiger partial charge in [-0.25, -0.2) is 4.98 Å². The fourth-order valence-corrected chi connectivity index (χ4v) is 1.88.